The van der Waals surface area contributed by atoms with Crippen molar-refractivity contribution in [2.45, 2.75) is 54.9 Å². The average molecular weight is 168 g/mol. The van der Waals surface area contributed by atoms with Crippen LogP contribution in [0.3, 0.4) is 0 Å². The van der Waals surface area contributed by atoms with E-state index in [9.17, 15) is 0 Å². The van der Waals surface area contributed by atoms with Gasteiger partial charge in [-0.2, -0.15) is 0 Å². The lowest BCUT2D eigenvalue weighted by Crippen LogP contribution is -2.31. The molecule has 1 unspecified atom stereocenters. The molecule has 12 heavy (non-hydrogen) atoms. The molecule has 1 saturated carbocycles. The highest BCUT2D eigenvalue weighted by Gasteiger charge is 2.67. The van der Waals surface area contributed by atoms with E-state index in [4.69, 9.17) is 0 Å². The summed E-state index contributed by atoms with van der Waals surface area (Å²) >= 11 is 0. The van der Waals surface area contributed by atoms with Gasteiger partial charge in [0.2, 0.25) is 0 Å². The molecule has 0 saturated heterocycles. The van der Waals surface area contributed by atoms with Gasteiger partial charge in [-0.1, -0.05) is 48.5 Å². The van der Waals surface area contributed by atoms with E-state index in [-0.39, 0.29) is 0 Å². The van der Waals surface area contributed by atoms with Crippen molar-refractivity contribution in [3.8, 4) is 0 Å². The van der Waals surface area contributed by atoms with E-state index in [1.165, 1.54) is 6.42 Å². The van der Waals surface area contributed by atoms with E-state index in [0.29, 0.717) is 16.2 Å². The Hall–Kier alpha value is 0. The van der Waals surface area contributed by atoms with Crippen LogP contribution in [0.1, 0.15) is 54.9 Å². The van der Waals surface area contributed by atoms with Gasteiger partial charge in [0.05, 0.1) is 0 Å². The van der Waals surface area contributed by atoms with Gasteiger partial charge in [0.25, 0.3) is 0 Å². The minimum atomic E-state index is 0.463. The van der Waals surface area contributed by atoms with Crippen molar-refractivity contribution in [1.82, 2.24) is 0 Å². The molecule has 0 bridgehead atoms. The summed E-state index contributed by atoms with van der Waals surface area (Å²) < 4.78 is 0. The Kier molecular flexibility index (Phi) is 1.91. The van der Waals surface area contributed by atoms with Crippen LogP contribution in [0.15, 0.2) is 0 Å². The molecular weight excluding hydrogens is 144 g/mol. The number of hydrogen-bond donors (Lipinski definition) is 0. The van der Waals surface area contributed by atoms with Crippen molar-refractivity contribution < 1.29 is 0 Å². The summed E-state index contributed by atoms with van der Waals surface area (Å²) in [5.41, 5.74) is 1.62. The molecule has 0 aliphatic heterocycles. The van der Waals surface area contributed by atoms with Crippen LogP contribution in [0, 0.1) is 22.2 Å². The minimum absolute atomic E-state index is 0.463. The third-order valence-corrected chi connectivity index (χ3v) is 4.13. The van der Waals surface area contributed by atoms with Crippen molar-refractivity contribution >= 4 is 0 Å². The molecule has 1 rings (SSSR count). The second kappa shape index (κ2) is 2.27. The molecule has 0 heteroatoms. The van der Waals surface area contributed by atoms with Crippen molar-refractivity contribution in [1.29, 1.82) is 0 Å². The highest BCUT2D eigenvalue weighted by atomic mass is 14.7. The van der Waals surface area contributed by atoms with Crippen LogP contribution in [0.4, 0.5) is 0 Å². The molecule has 0 amide bonds. The quantitative estimate of drug-likeness (QED) is 0.553. The Morgan fingerprint density at radius 1 is 1.08 bits per heavy atom. The van der Waals surface area contributed by atoms with Gasteiger partial charge in [0, 0.05) is 0 Å². The molecule has 0 aromatic heterocycles. The van der Waals surface area contributed by atoms with E-state index in [0.717, 1.165) is 5.92 Å². The van der Waals surface area contributed by atoms with Crippen molar-refractivity contribution in [3.63, 3.8) is 0 Å². The normalized spacial score (nSPS) is 34.0. The maximum atomic E-state index is 2.41. The maximum Gasteiger partial charge on any atom is -0.0169 e. The monoisotopic (exact) mass is 168 g/mol. The van der Waals surface area contributed by atoms with Gasteiger partial charge in [0.15, 0.2) is 0 Å². The molecule has 0 aromatic carbocycles. The smallest absolute Gasteiger partial charge is 0.0169 e. The molecule has 0 N–H and O–H groups in total. The highest BCUT2D eigenvalue weighted by Crippen LogP contribution is 2.74. The molecular formula is C12H24. The molecule has 0 spiro atoms. The first-order valence-corrected chi connectivity index (χ1v) is 5.15. The Labute approximate surface area is 77.7 Å². The molecule has 1 aliphatic carbocycles. The molecule has 1 fully saturated rings. The first kappa shape index (κ1) is 10.1. The van der Waals surface area contributed by atoms with Gasteiger partial charge in [-0.15, -0.1) is 0 Å². The fourth-order valence-electron chi connectivity index (χ4n) is 3.78. The Morgan fingerprint density at radius 3 is 1.42 bits per heavy atom. The number of hydrogen-bond acceptors (Lipinski definition) is 0. The van der Waals surface area contributed by atoms with Crippen LogP contribution in [-0.2, 0) is 0 Å². The topological polar surface area (TPSA) is 0 Å². The van der Waals surface area contributed by atoms with Gasteiger partial charge >= 0.3 is 0 Å². The molecule has 1 aliphatic rings. The third kappa shape index (κ3) is 1.03. The summed E-state index contributed by atoms with van der Waals surface area (Å²) in [6.45, 7) is 16.8. The first-order chi connectivity index (χ1) is 5.15. The summed E-state index contributed by atoms with van der Waals surface area (Å²) in [5.74, 6) is 0.812. The predicted octanol–water partition coefficient (Wildman–Crippen LogP) is 4.10. The van der Waals surface area contributed by atoms with Crippen molar-refractivity contribution in [3.05, 3.63) is 0 Å². The zero-order valence-corrected chi connectivity index (χ0v) is 9.78. The van der Waals surface area contributed by atoms with Crippen LogP contribution in [0.2, 0.25) is 0 Å². The van der Waals surface area contributed by atoms with Gasteiger partial charge < -0.3 is 0 Å². The molecule has 0 radical (unpaired) electrons. The third-order valence-electron chi connectivity index (χ3n) is 4.13. The fraction of sp³-hybridized carbons (Fsp3) is 1.00. The minimum Gasteiger partial charge on any atom is -0.0622 e. The van der Waals surface area contributed by atoms with E-state index < -0.39 is 0 Å². The van der Waals surface area contributed by atoms with E-state index >= 15 is 0 Å². The predicted molar refractivity (Wildman–Crippen MR) is 55.1 cm³/mol. The lowest BCUT2D eigenvalue weighted by Gasteiger charge is -2.38. The van der Waals surface area contributed by atoms with E-state index in [1.807, 2.05) is 0 Å². The van der Waals surface area contributed by atoms with Crippen LogP contribution >= 0.6 is 0 Å². The first-order valence-electron chi connectivity index (χ1n) is 5.15. The van der Waals surface area contributed by atoms with Crippen molar-refractivity contribution in [2.75, 3.05) is 0 Å². The van der Waals surface area contributed by atoms with E-state index in [1.54, 1.807) is 0 Å². The Morgan fingerprint density at radius 2 is 1.42 bits per heavy atom. The SMILES string of the molecule is CC(C)C1(C(C)(C)C)CC1(C)C. The molecule has 0 nitrogen and oxygen atoms in total. The Balaban J connectivity index is 2.95. The Bertz CT molecular complexity index is 181. The van der Waals surface area contributed by atoms with E-state index in [2.05, 4.69) is 48.5 Å². The van der Waals surface area contributed by atoms with Crippen LogP contribution < -0.4 is 0 Å². The summed E-state index contributed by atoms with van der Waals surface area (Å²) in [5, 5.41) is 0. The second-order valence-electron chi connectivity index (χ2n) is 6.44. The summed E-state index contributed by atoms with van der Waals surface area (Å²) in [6.07, 6.45) is 1.40. The highest BCUT2D eigenvalue weighted by molar-refractivity contribution is 5.16. The number of rotatable bonds is 1. The van der Waals surface area contributed by atoms with Gasteiger partial charge in [-0.3, -0.25) is 0 Å². The fourth-order valence-corrected chi connectivity index (χ4v) is 3.78. The second-order valence-corrected chi connectivity index (χ2v) is 6.44. The summed E-state index contributed by atoms with van der Waals surface area (Å²) in [7, 11) is 0. The zero-order chi connectivity index (χ0) is 9.78. The maximum absolute atomic E-state index is 2.41. The lowest BCUT2D eigenvalue weighted by molar-refractivity contribution is 0.106. The van der Waals surface area contributed by atoms with Crippen LogP contribution in [0.5, 0.6) is 0 Å². The summed E-state index contributed by atoms with van der Waals surface area (Å²) in [6, 6.07) is 0. The van der Waals surface area contributed by atoms with Gasteiger partial charge in [0.1, 0.15) is 0 Å². The van der Waals surface area contributed by atoms with Crippen molar-refractivity contribution in [2.24, 2.45) is 22.2 Å². The largest absolute Gasteiger partial charge is 0.0622 e. The molecule has 0 heterocycles. The lowest BCUT2D eigenvalue weighted by atomic mass is 9.67. The molecule has 72 valence electrons. The van der Waals surface area contributed by atoms with Crippen LogP contribution in [-0.4, -0.2) is 0 Å². The zero-order valence-electron chi connectivity index (χ0n) is 9.78. The van der Waals surface area contributed by atoms with Gasteiger partial charge in [-0.25, -0.2) is 0 Å². The standard InChI is InChI=1S/C12H24/c1-9(2)12(10(3,4)5)8-11(12,6)7/h9H,8H2,1-7H3. The average Bonchev–Trinajstić information content (AvgIpc) is 2.33. The molecule has 0 aromatic rings. The van der Waals surface area contributed by atoms with Gasteiger partial charge in [-0.05, 0) is 28.6 Å². The summed E-state index contributed by atoms with van der Waals surface area (Å²) in [4.78, 5) is 0. The van der Waals surface area contributed by atoms with Crippen LogP contribution in [0.25, 0.3) is 0 Å². The molecule has 1 atom stereocenters.